The van der Waals surface area contributed by atoms with Crippen molar-refractivity contribution >= 4 is 17.5 Å². The quantitative estimate of drug-likeness (QED) is 0.770. The van der Waals surface area contributed by atoms with E-state index in [1.807, 2.05) is 9.80 Å². The van der Waals surface area contributed by atoms with E-state index in [0.717, 1.165) is 26.1 Å². The summed E-state index contributed by atoms with van der Waals surface area (Å²) in [6.45, 7) is 5.56. The minimum Gasteiger partial charge on any atom is -0.372 e. The first-order valence-electron chi connectivity index (χ1n) is 11.2. The molecule has 29 heavy (non-hydrogen) atoms. The Morgan fingerprint density at radius 1 is 0.931 bits per heavy atom. The number of hydrogen-bond acceptors (Lipinski definition) is 4. The lowest BCUT2D eigenvalue weighted by Crippen LogP contribution is -2.58. The van der Waals surface area contributed by atoms with Gasteiger partial charge in [-0.05, 0) is 43.4 Å². The number of nitrogens with zero attached hydrogens (tertiary/aromatic N) is 3. The second-order valence-corrected chi connectivity index (χ2v) is 9.11. The summed E-state index contributed by atoms with van der Waals surface area (Å²) in [6, 6.07) is 9.11. The molecule has 1 aromatic carbocycles. The summed E-state index contributed by atoms with van der Waals surface area (Å²) in [5.41, 5.74) is 2.66. The van der Waals surface area contributed by atoms with E-state index in [4.69, 9.17) is 4.74 Å². The van der Waals surface area contributed by atoms with Crippen molar-refractivity contribution in [2.75, 3.05) is 50.8 Å². The highest BCUT2D eigenvalue weighted by molar-refractivity contribution is 5.81. The summed E-state index contributed by atoms with van der Waals surface area (Å²) in [4.78, 5) is 30.9. The van der Waals surface area contributed by atoms with Gasteiger partial charge in [0.05, 0.1) is 6.10 Å². The summed E-state index contributed by atoms with van der Waals surface area (Å²) in [6.07, 6.45) is 5.49. The predicted octanol–water partition coefficient (Wildman–Crippen LogP) is 2.88. The van der Waals surface area contributed by atoms with Gasteiger partial charge in [0.15, 0.2) is 5.78 Å². The van der Waals surface area contributed by atoms with Crippen LogP contribution in [0.4, 0.5) is 10.5 Å². The number of urea groups is 1. The molecule has 0 aromatic heterocycles. The molecule has 2 amide bonds. The fourth-order valence-electron chi connectivity index (χ4n) is 5.31. The van der Waals surface area contributed by atoms with Crippen LogP contribution in [0.5, 0.6) is 0 Å². The fraction of sp³-hybridized carbons (Fsp3) is 0.652. The van der Waals surface area contributed by atoms with Crippen molar-refractivity contribution in [3.05, 3.63) is 29.8 Å². The minimum absolute atomic E-state index is 0.127. The largest absolute Gasteiger partial charge is 0.372 e. The van der Waals surface area contributed by atoms with E-state index < -0.39 is 0 Å². The third-order valence-corrected chi connectivity index (χ3v) is 7.12. The second-order valence-electron chi connectivity index (χ2n) is 9.11. The Balaban J connectivity index is 1.13. The van der Waals surface area contributed by atoms with Crippen LogP contribution < -0.4 is 4.90 Å². The maximum Gasteiger partial charge on any atom is 0.320 e. The number of fused-ring (bicyclic) bond motifs is 1. The number of benzene rings is 1. The van der Waals surface area contributed by atoms with Gasteiger partial charge in [-0.2, -0.15) is 0 Å². The van der Waals surface area contributed by atoms with Crippen molar-refractivity contribution in [2.24, 2.45) is 5.92 Å². The van der Waals surface area contributed by atoms with Crippen molar-refractivity contribution in [3.8, 4) is 0 Å². The number of amides is 2. The number of carbonyl (C=O) groups excluding carboxylic acids is 2. The van der Waals surface area contributed by atoms with Crippen LogP contribution >= 0.6 is 0 Å². The molecule has 4 heterocycles. The number of ketones is 1. The maximum absolute atomic E-state index is 12.9. The summed E-state index contributed by atoms with van der Waals surface area (Å²) < 4.78 is 5.65. The average molecular weight is 398 g/mol. The number of ether oxygens (including phenoxy) is 1. The second kappa shape index (κ2) is 7.98. The van der Waals surface area contributed by atoms with E-state index in [2.05, 4.69) is 29.2 Å². The zero-order chi connectivity index (χ0) is 19.8. The Kier molecular flexibility index (Phi) is 5.20. The van der Waals surface area contributed by atoms with Gasteiger partial charge < -0.3 is 19.4 Å². The molecule has 1 aromatic rings. The summed E-state index contributed by atoms with van der Waals surface area (Å²) in [5, 5.41) is 0. The Labute approximate surface area is 172 Å². The number of likely N-dealkylation sites (tertiary alicyclic amines) is 2. The van der Waals surface area contributed by atoms with Gasteiger partial charge in [0.1, 0.15) is 6.61 Å². The van der Waals surface area contributed by atoms with Gasteiger partial charge in [-0.3, -0.25) is 4.79 Å². The monoisotopic (exact) mass is 397 g/mol. The Bertz CT molecular complexity index is 753. The molecular formula is C23H31N3O3. The highest BCUT2D eigenvalue weighted by Gasteiger charge is 2.40. The molecule has 2 atom stereocenters. The van der Waals surface area contributed by atoms with E-state index >= 15 is 0 Å². The minimum atomic E-state index is 0.127. The molecule has 6 heteroatoms. The molecule has 0 unspecified atom stereocenters. The number of Topliss-reactive ketones (excluding diaryl/α,β-unsaturated/α-hetero) is 1. The van der Waals surface area contributed by atoms with Crippen LogP contribution in [0.25, 0.3) is 0 Å². The number of hydrogen-bond donors (Lipinski definition) is 0. The topological polar surface area (TPSA) is 53.1 Å². The predicted molar refractivity (Wildman–Crippen MR) is 111 cm³/mol. The molecule has 4 aliphatic heterocycles. The summed E-state index contributed by atoms with van der Waals surface area (Å²) in [5.74, 6) is 0.775. The summed E-state index contributed by atoms with van der Waals surface area (Å²) in [7, 11) is 0. The zero-order valence-corrected chi connectivity index (χ0v) is 17.1. The number of carbonyl (C=O) groups is 2. The third kappa shape index (κ3) is 3.87. The van der Waals surface area contributed by atoms with Crippen molar-refractivity contribution in [1.82, 2.24) is 9.80 Å². The van der Waals surface area contributed by atoms with Crippen molar-refractivity contribution in [2.45, 2.75) is 44.1 Å². The van der Waals surface area contributed by atoms with Crippen LogP contribution in [0.2, 0.25) is 0 Å². The average Bonchev–Trinajstić information content (AvgIpc) is 2.73. The van der Waals surface area contributed by atoms with Gasteiger partial charge in [0, 0.05) is 63.2 Å². The molecular weight excluding hydrogens is 366 g/mol. The lowest BCUT2D eigenvalue weighted by Gasteiger charge is -2.46. The van der Waals surface area contributed by atoms with Crippen LogP contribution in [-0.2, 0) is 9.53 Å². The first kappa shape index (κ1) is 18.9. The van der Waals surface area contributed by atoms with Gasteiger partial charge in [-0.1, -0.05) is 12.1 Å². The lowest BCUT2D eigenvalue weighted by atomic mass is 9.87. The van der Waals surface area contributed by atoms with Gasteiger partial charge in [0.25, 0.3) is 0 Å². The normalized spacial score (nSPS) is 28.1. The maximum atomic E-state index is 12.9. The Hall–Kier alpha value is -2.08. The molecule has 0 spiro atoms. The SMILES string of the molecule is O=C1CO[C@H]2CCN(C(=O)N3CC(c4ccc(N5CCCCC5)cc4)C3)C[C@H]2C1. The van der Waals surface area contributed by atoms with Gasteiger partial charge in [-0.25, -0.2) is 4.79 Å². The molecule has 4 saturated heterocycles. The molecule has 0 bridgehead atoms. The Morgan fingerprint density at radius 3 is 2.45 bits per heavy atom. The molecule has 0 N–H and O–H groups in total. The van der Waals surface area contributed by atoms with Gasteiger partial charge in [-0.15, -0.1) is 0 Å². The Morgan fingerprint density at radius 2 is 1.69 bits per heavy atom. The van der Waals surface area contributed by atoms with Crippen LogP contribution in [0.15, 0.2) is 24.3 Å². The van der Waals surface area contributed by atoms with Crippen molar-refractivity contribution in [1.29, 1.82) is 0 Å². The van der Waals surface area contributed by atoms with Crippen molar-refractivity contribution < 1.29 is 14.3 Å². The first-order chi connectivity index (χ1) is 14.2. The van der Waals surface area contributed by atoms with Crippen LogP contribution in [0.3, 0.4) is 0 Å². The number of piperidine rings is 2. The summed E-state index contributed by atoms with van der Waals surface area (Å²) >= 11 is 0. The van der Waals surface area contributed by atoms with E-state index in [-0.39, 0.29) is 30.4 Å². The van der Waals surface area contributed by atoms with Crippen LogP contribution in [0, 0.1) is 5.92 Å². The molecule has 4 aliphatic rings. The highest BCUT2D eigenvalue weighted by Crippen LogP contribution is 2.32. The molecule has 0 saturated carbocycles. The van der Waals surface area contributed by atoms with E-state index in [9.17, 15) is 9.59 Å². The highest BCUT2D eigenvalue weighted by atomic mass is 16.5. The molecule has 156 valence electrons. The molecule has 4 fully saturated rings. The standard InChI is InChI=1S/C23H31N3O3/c27-21-12-18-13-25(11-8-22(18)29-16-21)23(28)26-14-19(15-26)17-4-6-20(7-5-17)24-9-2-1-3-10-24/h4-7,18-19,22H,1-3,8-16H2/t18-,22+/m1/s1. The molecule has 0 aliphatic carbocycles. The van der Waals surface area contributed by atoms with E-state index in [1.54, 1.807) is 0 Å². The lowest BCUT2D eigenvalue weighted by molar-refractivity contribution is -0.140. The molecule has 6 nitrogen and oxygen atoms in total. The number of anilines is 1. The first-order valence-corrected chi connectivity index (χ1v) is 11.2. The van der Waals surface area contributed by atoms with Crippen LogP contribution in [-0.4, -0.2) is 73.6 Å². The van der Waals surface area contributed by atoms with E-state index in [1.165, 1.54) is 43.6 Å². The molecule has 5 rings (SSSR count). The third-order valence-electron chi connectivity index (χ3n) is 7.12. The van der Waals surface area contributed by atoms with E-state index in [0.29, 0.717) is 18.9 Å². The van der Waals surface area contributed by atoms with Gasteiger partial charge in [0.2, 0.25) is 0 Å². The van der Waals surface area contributed by atoms with Crippen molar-refractivity contribution in [3.63, 3.8) is 0 Å². The van der Waals surface area contributed by atoms with Gasteiger partial charge >= 0.3 is 6.03 Å². The zero-order valence-electron chi connectivity index (χ0n) is 17.1. The molecule has 0 radical (unpaired) electrons. The smallest absolute Gasteiger partial charge is 0.320 e. The number of rotatable bonds is 2. The fourth-order valence-corrected chi connectivity index (χ4v) is 5.31. The van der Waals surface area contributed by atoms with Crippen LogP contribution in [0.1, 0.15) is 43.6 Å².